The van der Waals surface area contributed by atoms with Gasteiger partial charge < -0.3 is 86.5 Å². The van der Waals surface area contributed by atoms with Gasteiger partial charge in [0.2, 0.25) is 0 Å². The van der Waals surface area contributed by atoms with Crippen LogP contribution in [0.1, 0.15) is 0 Å². The van der Waals surface area contributed by atoms with E-state index in [9.17, 15) is 0 Å². The van der Waals surface area contributed by atoms with Crippen molar-refractivity contribution in [3.8, 4) is 0 Å². The summed E-state index contributed by atoms with van der Waals surface area (Å²) in [7, 11) is 0. The minimum absolute atomic E-state index is 0. The predicted molar refractivity (Wildman–Crippen MR) is 123 cm³/mol. The van der Waals surface area contributed by atoms with E-state index in [2.05, 4.69) is 0 Å². The molecule has 33 heavy (non-hydrogen) atoms. The Hall–Kier alpha value is -1.55. The van der Waals surface area contributed by atoms with E-state index in [4.69, 9.17) is 86.5 Å². The van der Waals surface area contributed by atoms with Gasteiger partial charge in [0.05, 0.1) is 20.3 Å². The third-order valence-corrected chi connectivity index (χ3v) is 2.03. The molecule has 0 aliphatic carbocycles. The molecule has 0 heterocycles. The molecule has 0 spiro atoms. The predicted octanol–water partition coefficient (Wildman–Crippen LogP) is 1.09. The van der Waals surface area contributed by atoms with Crippen LogP contribution in [-0.2, 0) is 25.3 Å². The van der Waals surface area contributed by atoms with Crippen molar-refractivity contribution in [2.24, 2.45) is 0 Å². The third kappa shape index (κ3) is 118. The summed E-state index contributed by atoms with van der Waals surface area (Å²) in [6.45, 7) is 0. The van der Waals surface area contributed by atoms with Gasteiger partial charge in [-0.25, -0.2) is 0 Å². The first-order chi connectivity index (χ1) is 13.7. The maximum Gasteiger partial charge on any atom is 2.00 e. The minimum Gasteiger partial charge on any atom is -0.780 e. The van der Waals surface area contributed by atoms with E-state index in [0.717, 1.165) is 9.79 Å². The van der Waals surface area contributed by atoms with Crippen molar-refractivity contribution >= 4 is 107 Å². The second kappa shape index (κ2) is 37.7. The summed E-state index contributed by atoms with van der Waals surface area (Å²) < 4.78 is 0. The van der Waals surface area contributed by atoms with Crippen molar-refractivity contribution in [1.29, 1.82) is 0 Å². The molecule has 21 heteroatoms. The molecule has 2 rings (SSSR count). The fourth-order valence-corrected chi connectivity index (χ4v) is 1.16. The van der Waals surface area contributed by atoms with Crippen molar-refractivity contribution < 1.29 is 20.3 Å². The summed E-state index contributed by atoms with van der Waals surface area (Å²) in [5.74, 6) is 0. The van der Waals surface area contributed by atoms with E-state index in [-0.39, 0.29) is 81.9 Å². The number of benzene rings is 2. The van der Waals surface area contributed by atoms with Gasteiger partial charge in [-0.15, -0.1) is 0 Å². The van der Waals surface area contributed by atoms with E-state index in [0.29, 0.717) is 0 Å². The second-order valence-corrected chi connectivity index (χ2v) is 4.46. The van der Waals surface area contributed by atoms with Crippen LogP contribution in [0.25, 0.3) is 0 Å². The van der Waals surface area contributed by atoms with Crippen molar-refractivity contribution in [3.05, 3.63) is 122 Å². The van der Waals surface area contributed by atoms with Crippen LogP contribution in [0.2, 0.25) is 0 Å². The fraction of sp³-hybridized carbons (Fsp3) is 0. The normalized spacial score (nSPS) is 6.55. The van der Waals surface area contributed by atoms with E-state index in [1.807, 2.05) is 60.7 Å². The molecule has 0 saturated carbocycles. The molecule has 0 aromatic heterocycles. The van der Waals surface area contributed by atoms with Crippen LogP contribution in [-0.4, -0.2) is 102 Å². The van der Waals surface area contributed by atoms with Crippen molar-refractivity contribution in [2.75, 3.05) is 0 Å². The molecular formula is C12H10N4O12Pb3S2. The molecule has 0 saturated heterocycles. The van der Waals surface area contributed by atoms with Crippen LogP contribution in [0, 0.1) is 61.3 Å². The zero-order chi connectivity index (χ0) is 24.5. The smallest absolute Gasteiger partial charge is 0.780 e. The summed E-state index contributed by atoms with van der Waals surface area (Å²) in [6, 6.07) is 19.2. The maximum atomic E-state index is 8.25. The fourth-order valence-electron chi connectivity index (χ4n) is 0.841. The maximum absolute atomic E-state index is 8.25. The van der Waals surface area contributed by atoms with Crippen molar-refractivity contribution in [1.82, 2.24) is 0 Å². The van der Waals surface area contributed by atoms with E-state index < -0.39 is 20.3 Å². The minimum atomic E-state index is -1.75. The van der Waals surface area contributed by atoms with E-state index in [1.165, 1.54) is 0 Å². The first kappa shape index (κ1) is 48.8. The van der Waals surface area contributed by atoms with Crippen LogP contribution >= 0.6 is 0 Å². The van der Waals surface area contributed by atoms with Gasteiger partial charge in [0.15, 0.2) is 0 Å². The Labute approximate surface area is 256 Å². The topological polar surface area (TPSA) is 265 Å². The number of nitrogens with zero attached hydrogens (tertiary/aromatic N) is 4. The molecule has 0 atom stereocenters. The Kier molecular flexibility index (Phi) is 55.8. The molecule has 0 N–H and O–H groups in total. The number of rotatable bonds is 0. The van der Waals surface area contributed by atoms with E-state index >= 15 is 0 Å². The molecule has 6 radical (unpaired) electrons. The van der Waals surface area contributed by atoms with Gasteiger partial charge in [0, 0.05) is 0 Å². The van der Waals surface area contributed by atoms with Crippen LogP contribution < -0.4 is 0 Å². The summed E-state index contributed by atoms with van der Waals surface area (Å²) in [4.78, 5) is 34.8. The van der Waals surface area contributed by atoms with Gasteiger partial charge in [0.1, 0.15) is 0 Å². The average molecular weight is 1090 g/mol. The molecular weight excluding hydrogens is 1080 g/mol. The molecule has 0 bridgehead atoms. The molecule has 0 aliphatic rings. The quantitative estimate of drug-likeness (QED) is 0.155. The first-order valence-electron chi connectivity index (χ1n) is 6.42. The SMILES string of the molecule is O=[N+]([O-])[O-].O=[N+]([O-])[O-].O=[N+]([O-])[O-].O=[N+]([O-])[O-].[Pb+2].[Pb+2].[Pb+2].[S-]c1ccccc1.[S-]c1ccccc1. The monoisotopic (exact) mass is 1090 g/mol. The number of hydrogen-bond acceptors (Lipinski definition) is 14. The molecule has 0 amide bonds. The third-order valence-electron chi connectivity index (χ3n) is 1.49. The zero-order valence-electron chi connectivity index (χ0n) is 15.8. The Bertz CT molecular complexity index is 622. The molecule has 2 aromatic carbocycles. The molecule has 0 unspecified atom stereocenters. The summed E-state index contributed by atoms with van der Waals surface area (Å²) >= 11 is 9.62. The molecule has 16 nitrogen and oxygen atoms in total. The summed E-state index contributed by atoms with van der Waals surface area (Å²) in [5.41, 5.74) is 0. The number of hydrogen-bond donors (Lipinski definition) is 0. The second-order valence-electron chi connectivity index (χ2n) is 3.52. The van der Waals surface area contributed by atoms with Crippen LogP contribution in [0.3, 0.4) is 0 Å². The van der Waals surface area contributed by atoms with Gasteiger partial charge in [-0.3, -0.25) is 0 Å². The molecule has 0 fully saturated rings. The van der Waals surface area contributed by atoms with Crippen LogP contribution in [0.4, 0.5) is 0 Å². The summed E-state index contributed by atoms with van der Waals surface area (Å²) in [6.07, 6.45) is 0. The van der Waals surface area contributed by atoms with Crippen LogP contribution in [0.5, 0.6) is 0 Å². The van der Waals surface area contributed by atoms with Gasteiger partial charge in [-0.2, -0.15) is 9.79 Å². The standard InChI is InChI=1S/2C6H6S.4NO3.3Pb/c2*7-6-4-2-1-3-5-6;4*2-1(3)4;;;/h2*1-5,7H;;;;;;;/q;;4*-1;3*+2/p-2. The largest absolute Gasteiger partial charge is 2.00 e. The van der Waals surface area contributed by atoms with Gasteiger partial charge >= 0.3 is 81.9 Å². The van der Waals surface area contributed by atoms with E-state index in [1.54, 1.807) is 0 Å². The van der Waals surface area contributed by atoms with Crippen LogP contribution in [0.15, 0.2) is 70.5 Å². The Morgan fingerprint density at radius 3 is 0.606 bits per heavy atom. The van der Waals surface area contributed by atoms with Gasteiger partial charge in [-0.05, 0) is 0 Å². The molecule has 2 aromatic rings. The van der Waals surface area contributed by atoms with Crippen molar-refractivity contribution in [3.63, 3.8) is 0 Å². The first-order valence-corrected chi connectivity index (χ1v) is 7.24. The Morgan fingerprint density at radius 1 is 0.424 bits per heavy atom. The average Bonchev–Trinajstić information content (AvgIpc) is 2.55. The molecule has 0 aliphatic heterocycles. The van der Waals surface area contributed by atoms with Crippen molar-refractivity contribution in [2.45, 2.75) is 9.79 Å². The molecule has 174 valence electrons. The Morgan fingerprint density at radius 2 is 0.545 bits per heavy atom. The van der Waals surface area contributed by atoms with Gasteiger partial charge in [0.25, 0.3) is 0 Å². The van der Waals surface area contributed by atoms with Gasteiger partial charge in [-0.1, -0.05) is 60.7 Å². The summed E-state index contributed by atoms with van der Waals surface area (Å²) in [5, 5.41) is 59.0. The Balaban J connectivity index is -0.0000000495. The zero-order valence-corrected chi connectivity index (χ0v) is 29.1.